The first-order chi connectivity index (χ1) is 14.3. The number of methoxy groups -OCH3 is 1. The summed E-state index contributed by atoms with van der Waals surface area (Å²) in [5.74, 6) is -0.150. The maximum atomic E-state index is 12.3. The van der Waals surface area contributed by atoms with Crippen molar-refractivity contribution in [2.75, 3.05) is 12.8 Å². The van der Waals surface area contributed by atoms with Crippen LogP contribution in [-0.4, -0.2) is 22.6 Å². The van der Waals surface area contributed by atoms with Crippen molar-refractivity contribution in [3.8, 4) is 23.2 Å². The quantitative estimate of drug-likeness (QED) is 0.509. The third-order valence-corrected chi connectivity index (χ3v) is 5.26. The molecule has 2 N–H and O–H groups in total. The summed E-state index contributed by atoms with van der Waals surface area (Å²) in [6.45, 7) is 5.96. The zero-order valence-electron chi connectivity index (χ0n) is 17.1. The molecule has 7 heteroatoms. The topological polar surface area (TPSA) is 107 Å². The van der Waals surface area contributed by atoms with Crippen LogP contribution in [0.15, 0.2) is 40.9 Å². The third kappa shape index (κ3) is 2.99. The van der Waals surface area contributed by atoms with Gasteiger partial charge in [-0.25, -0.2) is 9.78 Å². The maximum Gasteiger partial charge on any atom is 0.357 e. The molecule has 0 atom stereocenters. The number of carbonyl (C=O) groups is 1. The Balaban J connectivity index is 1.90. The lowest BCUT2D eigenvalue weighted by Gasteiger charge is -2.12. The minimum Gasteiger partial charge on any atom is -0.464 e. The van der Waals surface area contributed by atoms with Crippen LogP contribution in [0.2, 0.25) is 0 Å². The molecule has 0 unspecified atom stereocenters. The lowest BCUT2D eigenvalue weighted by Crippen LogP contribution is -2.11. The van der Waals surface area contributed by atoms with Gasteiger partial charge in [-0.3, -0.25) is 0 Å². The molecule has 0 saturated carbocycles. The number of anilines is 1. The van der Waals surface area contributed by atoms with Crippen molar-refractivity contribution in [1.82, 2.24) is 9.55 Å². The van der Waals surface area contributed by atoms with Crippen LogP contribution in [-0.2, 0) is 4.74 Å². The number of oxazole rings is 1. The van der Waals surface area contributed by atoms with Gasteiger partial charge in [-0.1, -0.05) is 6.07 Å². The van der Waals surface area contributed by atoms with E-state index in [1.165, 1.54) is 13.3 Å². The van der Waals surface area contributed by atoms with Gasteiger partial charge in [-0.15, -0.1) is 0 Å². The molecule has 0 spiro atoms. The number of carbonyl (C=O) groups excluding carboxylic acids is 1. The van der Waals surface area contributed by atoms with Gasteiger partial charge in [0.2, 0.25) is 5.89 Å². The van der Waals surface area contributed by atoms with Crippen molar-refractivity contribution < 1.29 is 13.9 Å². The average molecular weight is 400 g/mol. The fourth-order valence-corrected chi connectivity index (χ4v) is 3.41. The zero-order chi connectivity index (χ0) is 21.6. The van der Waals surface area contributed by atoms with Gasteiger partial charge in [0, 0.05) is 17.4 Å². The van der Waals surface area contributed by atoms with Crippen molar-refractivity contribution in [3.63, 3.8) is 0 Å². The average Bonchev–Trinajstić information content (AvgIpc) is 3.28. The van der Waals surface area contributed by atoms with Gasteiger partial charge in [0.1, 0.15) is 11.6 Å². The Morgan fingerprint density at radius 1 is 1.17 bits per heavy atom. The molecule has 30 heavy (non-hydrogen) atoms. The van der Waals surface area contributed by atoms with Crippen LogP contribution < -0.4 is 5.73 Å². The summed E-state index contributed by atoms with van der Waals surface area (Å²) in [5, 5.41) is 9.36. The lowest BCUT2D eigenvalue weighted by molar-refractivity contribution is 0.0593. The number of aryl methyl sites for hydroxylation is 3. The highest BCUT2D eigenvalue weighted by atomic mass is 16.5. The molecule has 0 aliphatic carbocycles. The molecule has 0 bridgehead atoms. The second kappa shape index (κ2) is 7.08. The normalized spacial score (nSPS) is 10.9. The van der Waals surface area contributed by atoms with E-state index >= 15 is 0 Å². The highest BCUT2D eigenvalue weighted by Crippen LogP contribution is 2.31. The van der Waals surface area contributed by atoms with Crippen LogP contribution in [0, 0.1) is 32.1 Å². The molecular formula is C23H20N4O3. The van der Waals surface area contributed by atoms with Gasteiger partial charge in [-0.05, 0) is 61.7 Å². The van der Waals surface area contributed by atoms with E-state index in [9.17, 15) is 10.1 Å². The highest BCUT2D eigenvalue weighted by molar-refractivity contribution is 5.96. The van der Waals surface area contributed by atoms with E-state index in [0.717, 1.165) is 27.8 Å². The second-order valence-electron chi connectivity index (χ2n) is 7.20. The Labute approximate surface area is 173 Å². The van der Waals surface area contributed by atoms with Gasteiger partial charge in [0.15, 0.2) is 11.3 Å². The zero-order valence-corrected chi connectivity index (χ0v) is 17.1. The summed E-state index contributed by atoms with van der Waals surface area (Å²) in [7, 11) is 1.27. The smallest absolute Gasteiger partial charge is 0.357 e. The Morgan fingerprint density at radius 2 is 1.90 bits per heavy atom. The lowest BCUT2D eigenvalue weighted by atomic mass is 10.1. The van der Waals surface area contributed by atoms with Crippen molar-refractivity contribution in [2.24, 2.45) is 0 Å². The molecule has 0 saturated heterocycles. The molecule has 7 nitrogen and oxygen atoms in total. The Bertz CT molecular complexity index is 1320. The van der Waals surface area contributed by atoms with Crippen LogP contribution in [0.25, 0.3) is 28.2 Å². The van der Waals surface area contributed by atoms with Crippen molar-refractivity contribution in [2.45, 2.75) is 20.8 Å². The van der Waals surface area contributed by atoms with Gasteiger partial charge >= 0.3 is 5.97 Å². The molecule has 150 valence electrons. The van der Waals surface area contributed by atoms with Crippen molar-refractivity contribution in [1.29, 1.82) is 5.26 Å². The molecule has 4 aromatic rings. The molecule has 4 rings (SSSR count). The molecule has 2 aromatic heterocycles. The van der Waals surface area contributed by atoms with Crippen LogP contribution in [0.3, 0.4) is 0 Å². The molecular weight excluding hydrogens is 380 g/mol. The number of nitrogens with two attached hydrogens (primary N) is 1. The molecule has 0 radical (unpaired) electrons. The monoisotopic (exact) mass is 400 g/mol. The highest BCUT2D eigenvalue weighted by Gasteiger charge is 2.23. The summed E-state index contributed by atoms with van der Waals surface area (Å²) < 4.78 is 12.4. The molecule has 2 heterocycles. The molecule has 0 amide bonds. The number of hydrogen-bond acceptors (Lipinski definition) is 6. The number of hydrogen-bond donors (Lipinski definition) is 1. The minimum atomic E-state index is -0.619. The number of benzene rings is 2. The van der Waals surface area contributed by atoms with Gasteiger partial charge in [-0.2, -0.15) is 5.26 Å². The number of nitrogens with zero attached hydrogens (tertiary/aromatic N) is 3. The van der Waals surface area contributed by atoms with Crippen molar-refractivity contribution in [3.05, 3.63) is 64.5 Å². The van der Waals surface area contributed by atoms with E-state index < -0.39 is 5.97 Å². The number of nitriles is 1. The van der Waals surface area contributed by atoms with Crippen LogP contribution >= 0.6 is 0 Å². The van der Waals surface area contributed by atoms with E-state index in [0.29, 0.717) is 17.2 Å². The molecule has 2 aromatic carbocycles. The Kier molecular flexibility index (Phi) is 4.55. The largest absolute Gasteiger partial charge is 0.464 e. The predicted octanol–water partition coefficient (Wildman–Crippen LogP) is 4.45. The number of fused-ring (bicyclic) bond motifs is 1. The summed E-state index contributed by atoms with van der Waals surface area (Å²) in [4.78, 5) is 17.0. The number of esters is 1. The summed E-state index contributed by atoms with van der Waals surface area (Å²) in [6, 6.07) is 11.6. The number of rotatable bonds is 3. The first-order valence-electron chi connectivity index (χ1n) is 9.32. The fraction of sp³-hybridized carbons (Fsp3) is 0.174. The second-order valence-corrected chi connectivity index (χ2v) is 7.20. The fourth-order valence-electron chi connectivity index (χ4n) is 3.41. The molecule has 0 aliphatic rings. The Hall–Kier alpha value is -4.05. The van der Waals surface area contributed by atoms with E-state index in [-0.39, 0.29) is 16.9 Å². The van der Waals surface area contributed by atoms with Gasteiger partial charge < -0.3 is 19.5 Å². The number of nitrogen functional groups attached to an aromatic ring is 1. The molecule has 0 aliphatic heterocycles. The van der Waals surface area contributed by atoms with Crippen LogP contribution in [0.1, 0.15) is 32.7 Å². The number of ether oxygens (including phenoxy) is 1. The summed E-state index contributed by atoms with van der Waals surface area (Å²) in [6.07, 6.45) is 1.53. The minimum absolute atomic E-state index is 0.0852. The van der Waals surface area contributed by atoms with E-state index in [4.69, 9.17) is 14.9 Å². The number of aromatic nitrogens is 2. The first kappa shape index (κ1) is 19.3. The van der Waals surface area contributed by atoms with Crippen LogP contribution in [0.5, 0.6) is 0 Å². The summed E-state index contributed by atoms with van der Waals surface area (Å²) >= 11 is 0. The molecule has 0 fully saturated rings. The first-order valence-corrected chi connectivity index (χ1v) is 9.32. The van der Waals surface area contributed by atoms with Crippen LogP contribution in [0.4, 0.5) is 5.69 Å². The standard InChI is InChI=1S/C23H20N4O3/c1-12-5-6-15(22-26-17-7-13(2)14(3)8-19(17)30-22)9-18(12)27-11-16(10-24)20(25)21(27)23(28)29-4/h5-9,11H,25H2,1-4H3. The van der Waals surface area contributed by atoms with Crippen molar-refractivity contribution >= 4 is 22.8 Å². The van der Waals surface area contributed by atoms with Gasteiger partial charge in [0.05, 0.1) is 18.4 Å². The van der Waals surface area contributed by atoms with Gasteiger partial charge in [0.25, 0.3) is 0 Å². The SMILES string of the molecule is COC(=O)c1c(N)c(C#N)cn1-c1cc(-c2nc3cc(C)c(C)cc3o2)ccc1C. The maximum absolute atomic E-state index is 12.3. The third-order valence-electron chi connectivity index (χ3n) is 5.26. The van der Waals surface area contributed by atoms with E-state index in [1.54, 1.807) is 4.57 Å². The summed E-state index contributed by atoms with van der Waals surface area (Å²) in [5.41, 5.74) is 12.5. The Morgan fingerprint density at radius 3 is 2.60 bits per heavy atom. The van der Waals surface area contributed by atoms with E-state index in [1.807, 2.05) is 57.2 Å². The van der Waals surface area contributed by atoms with E-state index in [2.05, 4.69) is 4.98 Å². The predicted molar refractivity (Wildman–Crippen MR) is 113 cm³/mol.